The summed E-state index contributed by atoms with van der Waals surface area (Å²) in [6.45, 7) is 0. The second-order valence-electron chi connectivity index (χ2n) is 3.71. The van der Waals surface area contributed by atoms with Crippen molar-refractivity contribution < 1.29 is 0 Å². The number of aromatic nitrogens is 3. The van der Waals surface area contributed by atoms with Gasteiger partial charge >= 0.3 is 0 Å². The number of rotatable bonds is 1. The van der Waals surface area contributed by atoms with E-state index >= 15 is 0 Å². The maximum atomic E-state index is 5.67. The highest BCUT2D eigenvalue weighted by Crippen LogP contribution is 2.24. The van der Waals surface area contributed by atoms with Crippen LogP contribution in [0.15, 0.2) is 48.9 Å². The summed E-state index contributed by atoms with van der Waals surface area (Å²) in [6, 6.07) is 9.67. The van der Waals surface area contributed by atoms with Crippen molar-refractivity contribution >= 4 is 16.6 Å². The summed E-state index contributed by atoms with van der Waals surface area (Å²) in [5.41, 5.74) is 6.57. The van der Waals surface area contributed by atoms with Crippen LogP contribution in [-0.4, -0.2) is 15.0 Å². The molecule has 82 valence electrons. The molecule has 4 heteroatoms. The van der Waals surface area contributed by atoms with Gasteiger partial charge in [-0.3, -0.25) is 4.98 Å². The highest BCUT2D eigenvalue weighted by Gasteiger charge is 2.06. The van der Waals surface area contributed by atoms with E-state index in [0.717, 1.165) is 16.3 Å². The number of hydrogen-bond acceptors (Lipinski definition) is 4. The molecule has 0 fully saturated rings. The van der Waals surface area contributed by atoms with Crippen molar-refractivity contribution in [1.82, 2.24) is 15.0 Å². The third-order valence-corrected chi connectivity index (χ3v) is 2.59. The number of nitrogens with zero attached hydrogens (tertiary/aromatic N) is 3. The van der Waals surface area contributed by atoms with E-state index in [1.165, 1.54) is 0 Å². The van der Waals surface area contributed by atoms with E-state index in [1.54, 1.807) is 18.5 Å². The molecular weight excluding hydrogens is 212 g/mol. The van der Waals surface area contributed by atoms with Crippen LogP contribution in [0.4, 0.5) is 5.82 Å². The molecule has 0 radical (unpaired) electrons. The molecule has 0 aliphatic rings. The molecule has 0 saturated carbocycles. The maximum Gasteiger partial charge on any atom is 0.163 e. The minimum absolute atomic E-state index is 0.461. The average molecular weight is 222 g/mol. The van der Waals surface area contributed by atoms with Crippen LogP contribution in [0.5, 0.6) is 0 Å². The van der Waals surface area contributed by atoms with Crippen LogP contribution in [0.3, 0.4) is 0 Å². The molecule has 2 heterocycles. The third-order valence-electron chi connectivity index (χ3n) is 2.59. The number of pyridine rings is 1. The summed E-state index contributed by atoms with van der Waals surface area (Å²) in [5.74, 6) is 1.07. The van der Waals surface area contributed by atoms with Gasteiger partial charge in [-0.25, -0.2) is 9.97 Å². The van der Waals surface area contributed by atoms with Gasteiger partial charge in [0.15, 0.2) is 5.82 Å². The van der Waals surface area contributed by atoms with Crippen molar-refractivity contribution in [2.75, 3.05) is 5.73 Å². The third kappa shape index (κ3) is 1.69. The Labute approximate surface area is 98.2 Å². The highest BCUT2D eigenvalue weighted by atomic mass is 14.9. The standard InChI is InChI=1S/C13H10N4/c14-12-5-6-16-13(17-12)11-8-15-7-9-3-1-2-4-10(9)11/h1-8H,(H2,14,16,17). The Morgan fingerprint density at radius 1 is 1.00 bits per heavy atom. The van der Waals surface area contributed by atoms with E-state index in [-0.39, 0.29) is 0 Å². The number of fused-ring (bicyclic) bond motifs is 1. The molecule has 0 saturated heterocycles. The van der Waals surface area contributed by atoms with Crippen LogP contribution in [-0.2, 0) is 0 Å². The second-order valence-corrected chi connectivity index (χ2v) is 3.71. The first-order chi connectivity index (χ1) is 8.34. The van der Waals surface area contributed by atoms with Crippen LogP contribution < -0.4 is 5.73 Å². The van der Waals surface area contributed by atoms with Crippen molar-refractivity contribution in [3.63, 3.8) is 0 Å². The van der Waals surface area contributed by atoms with Gasteiger partial charge < -0.3 is 5.73 Å². The fraction of sp³-hybridized carbons (Fsp3) is 0. The number of hydrogen-bond donors (Lipinski definition) is 1. The van der Waals surface area contributed by atoms with E-state index in [9.17, 15) is 0 Å². The number of nitrogens with two attached hydrogens (primary N) is 1. The lowest BCUT2D eigenvalue weighted by molar-refractivity contribution is 1.18. The Bertz CT molecular complexity index is 674. The lowest BCUT2D eigenvalue weighted by Gasteiger charge is -2.04. The van der Waals surface area contributed by atoms with Gasteiger partial charge in [-0.2, -0.15) is 0 Å². The fourth-order valence-corrected chi connectivity index (χ4v) is 1.80. The summed E-state index contributed by atoms with van der Waals surface area (Å²) in [6.07, 6.45) is 5.24. The zero-order valence-corrected chi connectivity index (χ0v) is 9.04. The van der Waals surface area contributed by atoms with E-state index in [1.807, 2.05) is 30.5 Å². The van der Waals surface area contributed by atoms with Gasteiger partial charge in [-0.1, -0.05) is 24.3 Å². The molecule has 0 aliphatic carbocycles. The lowest BCUT2D eigenvalue weighted by atomic mass is 10.1. The fourth-order valence-electron chi connectivity index (χ4n) is 1.80. The summed E-state index contributed by atoms with van der Waals surface area (Å²) in [4.78, 5) is 12.6. The van der Waals surface area contributed by atoms with Gasteiger partial charge in [-0.05, 0) is 11.5 Å². The molecule has 2 N–H and O–H groups in total. The topological polar surface area (TPSA) is 64.7 Å². The van der Waals surface area contributed by atoms with Crippen LogP contribution in [0.1, 0.15) is 0 Å². The molecule has 2 aromatic heterocycles. The highest BCUT2D eigenvalue weighted by molar-refractivity contribution is 5.94. The van der Waals surface area contributed by atoms with Gasteiger partial charge in [0, 0.05) is 29.5 Å². The van der Waals surface area contributed by atoms with Crippen LogP contribution >= 0.6 is 0 Å². The molecule has 3 aromatic rings. The average Bonchev–Trinajstić information content (AvgIpc) is 2.38. The van der Waals surface area contributed by atoms with E-state index in [2.05, 4.69) is 15.0 Å². The molecular formula is C13H10N4. The van der Waals surface area contributed by atoms with Crippen molar-refractivity contribution in [2.45, 2.75) is 0 Å². The Hall–Kier alpha value is -2.49. The molecule has 0 atom stereocenters. The van der Waals surface area contributed by atoms with Gasteiger partial charge in [-0.15, -0.1) is 0 Å². The molecule has 4 nitrogen and oxygen atoms in total. The number of nitrogen functional groups attached to an aromatic ring is 1. The molecule has 0 unspecified atom stereocenters. The van der Waals surface area contributed by atoms with Crippen LogP contribution in [0, 0.1) is 0 Å². The Morgan fingerprint density at radius 2 is 1.88 bits per heavy atom. The van der Waals surface area contributed by atoms with E-state index in [0.29, 0.717) is 11.6 Å². The Morgan fingerprint density at radius 3 is 2.76 bits per heavy atom. The van der Waals surface area contributed by atoms with Crippen molar-refractivity contribution in [3.05, 3.63) is 48.9 Å². The molecule has 3 rings (SSSR count). The van der Waals surface area contributed by atoms with E-state index < -0.39 is 0 Å². The smallest absolute Gasteiger partial charge is 0.163 e. The predicted molar refractivity (Wildman–Crippen MR) is 67.2 cm³/mol. The second kappa shape index (κ2) is 3.83. The normalized spacial score (nSPS) is 10.6. The molecule has 0 spiro atoms. The number of benzene rings is 1. The van der Waals surface area contributed by atoms with E-state index in [4.69, 9.17) is 5.73 Å². The predicted octanol–water partition coefficient (Wildman–Crippen LogP) is 2.27. The summed E-state index contributed by atoms with van der Waals surface area (Å²) >= 11 is 0. The van der Waals surface area contributed by atoms with Crippen LogP contribution in [0.25, 0.3) is 22.2 Å². The molecule has 0 amide bonds. The summed E-state index contributed by atoms with van der Waals surface area (Å²) in [7, 11) is 0. The van der Waals surface area contributed by atoms with Gasteiger partial charge in [0.2, 0.25) is 0 Å². The van der Waals surface area contributed by atoms with Crippen molar-refractivity contribution in [1.29, 1.82) is 0 Å². The molecule has 1 aromatic carbocycles. The Balaban J connectivity index is 2.30. The lowest BCUT2D eigenvalue weighted by Crippen LogP contribution is -1.95. The largest absolute Gasteiger partial charge is 0.384 e. The minimum Gasteiger partial charge on any atom is -0.384 e. The zero-order chi connectivity index (χ0) is 11.7. The van der Waals surface area contributed by atoms with Gasteiger partial charge in [0.1, 0.15) is 5.82 Å². The van der Waals surface area contributed by atoms with Crippen molar-refractivity contribution in [3.8, 4) is 11.4 Å². The summed E-state index contributed by atoms with van der Waals surface area (Å²) < 4.78 is 0. The van der Waals surface area contributed by atoms with Crippen LogP contribution in [0.2, 0.25) is 0 Å². The summed E-state index contributed by atoms with van der Waals surface area (Å²) in [5, 5.41) is 2.14. The first-order valence-electron chi connectivity index (χ1n) is 5.26. The van der Waals surface area contributed by atoms with Gasteiger partial charge in [0.25, 0.3) is 0 Å². The van der Waals surface area contributed by atoms with Gasteiger partial charge in [0.05, 0.1) is 0 Å². The molecule has 0 bridgehead atoms. The Kier molecular flexibility index (Phi) is 2.19. The van der Waals surface area contributed by atoms with Crippen molar-refractivity contribution in [2.24, 2.45) is 0 Å². The first-order valence-corrected chi connectivity index (χ1v) is 5.26. The molecule has 0 aliphatic heterocycles. The molecule has 17 heavy (non-hydrogen) atoms. The first kappa shape index (κ1) is 9.72. The minimum atomic E-state index is 0.461. The SMILES string of the molecule is Nc1ccnc(-c2cncc3ccccc23)n1. The monoisotopic (exact) mass is 222 g/mol. The maximum absolute atomic E-state index is 5.67. The number of anilines is 1. The zero-order valence-electron chi connectivity index (χ0n) is 9.04. The quantitative estimate of drug-likeness (QED) is 0.686.